The third-order valence-corrected chi connectivity index (χ3v) is 6.10. The van der Waals surface area contributed by atoms with E-state index in [0.29, 0.717) is 19.5 Å². The molecule has 0 unspecified atom stereocenters. The van der Waals surface area contributed by atoms with E-state index < -0.39 is 11.2 Å². The lowest BCUT2D eigenvalue weighted by Crippen LogP contribution is -2.59. The monoisotopic (exact) mass is 374 g/mol. The molecule has 2 fully saturated rings. The molecule has 0 aromatic heterocycles. The minimum absolute atomic E-state index is 0.162. The molecular formula is C22H34N2O3. The second-order valence-corrected chi connectivity index (χ2v) is 8.41. The van der Waals surface area contributed by atoms with Crippen LogP contribution in [-0.4, -0.2) is 58.4 Å². The van der Waals surface area contributed by atoms with Crippen LogP contribution in [0.4, 0.5) is 0 Å². The molecule has 1 aliphatic carbocycles. The van der Waals surface area contributed by atoms with E-state index in [1.807, 2.05) is 23.1 Å². The van der Waals surface area contributed by atoms with Crippen LogP contribution in [0.1, 0.15) is 56.9 Å². The molecule has 1 heterocycles. The normalized spacial score (nSPS) is 25.6. The minimum atomic E-state index is -1.34. The predicted octanol–water partition coefficient (Wildman–Crippen LogP) is 2.26. The van der Waals surface area contributed by atoms with Crippen LogP contribution < -0.4 is 5.32 Å². The van der Waals surface area contributed by atoms with Crippen molar-refractivity contribution in [2.45, 2.75) is 69.0 Å². The maximum atomic E-state index is 12.8. The number of rotatable bonds is 8. The maximum absolute atomic E-state index is 12.8. The average molecular weight is 375 g/mol. The highest BCUT2D eigenvalue weighted by Crippen LogP contribution is 2.28. The van der Waals surface area contributed by atoms with Gasteiger partial charge in [-0.3, -0.25) is 4.79 Å². The quantitative estimate of drug-likeness (QED) is 0.653. The first-order valence-electron chi connectivity index (χ1n) is 10.5. The van der Waals surface area contributed by atoms with Gasteiger partial charge in [-0.15, -0.1) is 0 Å². The summed E-state index contributed by atoms with van der Waals surface area (Å²) in [6, 6.07) is 10.3. The van der Waals surface area contributed by atoms with E-state index in [0.717, 1.165) is 51.5 Å². The maximum Gasteiger partial charge on any atom is 0.255 e. The molecule has 150 valence electrons. The van der Waals surface area contributed by atoms with Crippen molar-refractivity contribution in [3.63, 3.8) is 0 Å². The van der Waals surface area contributed by atoms with Crippen molar-refractivity contribution in [2.24, 2.45) is 0 Å². The Morgan fingerprint density at radius 3 is 2.44 bits per heavy atom. The lowest BCUT2D eigenvalue weighted by atomic mass is 9.84. The number of nitrogens with one attached hydrogen (secondary N) is 1. The van der Waals surface area contributed by atoms with Crippen LogP contribution in [0.15, 0.2) is 30.3 Å². The van der Waals surface area contributed by atoms with Crippen LogP contribution in [0.2, 0.25) is 0 Å². The van der Waals surface area contributed by atoms with Crippen LogP contribution >= 0.6 is 0 Å². The fourth-order valence-corrected chi connectivity index (χ4v) is 4.45. The van der Waals surface area contributed by atoms with Crippen molar-refractivity contribution in [3.8, 4) is 0 Å². The Kier molecular flexibility index (Phi) is 6.90. The first kappa shape index (κ1) is 20.3. The summed E-state index contributed by atoms with van der Waals surface area (Å²) in [7, 11) is 0. The van der Waals surface area contributed by atoms with Crippen molar-refractivity contribution in [3.05, 3.63) is 35.9 Å². The number of aliphatic hydroxyl groups is 2. The molecule has 5 heteroatoms. The molecular weight excluding hydrogens is 340 g/mol. The highest BCUT2D eigenvalue weighted by atomic mass is 16.3. The third kappa shape index (κ3) is 5.53. The van der Waals surface area contributed by atoms with Crippen molar-refractivity contribution < 1.29 is 15.0 Å². The Morgan fingerprint density at radius 1 is 0.963 bits per heavy atom. The van der Waals surface area contributed by atoms with Gasteiger partial charge in [0, 0.05) is 26.2 Å². The van der Waals surface area contributed by atoms with Gasteiger partial charge in [0.2, 0.25) is 0 Å². The molecule has 3 N–H and O–H groups in total. The van der Waals surface area contributed by atoms with E-state index in [2.05, 4.69) is 17.4 Å². The van der Waals surface area contributed by atoms with Crippen molar-refractivity contribution in [1.82, 2.24) is 10.2 Å². The number of carbonyl (C=O) groups excluding carboxylic acids is 1. The Balaban J connectivity index is 1.46. The van der Waals surface area contributed by atoms with Crippen molar-refractivity contribution in [1.29, 1.82) is 0 Å². The number of nitrogens with zero attached hydrogens (tertiary/aromatic N) is 1. The Morgan fingerprint density at radius 2 is 1.70 bits per heavy atom. The fraction of sp³-hybridized carbons (Fsp3) is 0.682. The predicted molar refractivity (Wildman–Crippen MR) is 106 cm³/mol. The van der Waals surface area contributed by atoms with E-state index in [1.54, 1.807) is 0 Å². The molecule has 0 bridgehead atoms. The number of benzene rings is 1. The van der Waals surface area contributed by atoms with Crippen LogP contribution in [0.25, 0.3) is 0 Å². The van der Waals surface area contributed by atoms with Gasteiger partial charge in [-0.25, -0.2) is 0 Å². The van der Waals surface area contributed by atoms with Gasteiger partial charge in [0.05, 0.1) is 5.60 Å². The number of piperidine rings is 1. The third-order valence-electron chi connectivity index (χ3n) is 6.10. The van der Waals surface area contributed by atoms with Crippen LogP contribution in [0.5, 0.6) is 0 Å². The van der Waals surface area contributed by atoms with Crippen LogP contribution in [0, 0.1) is 0 Å². The number of hydrogen-bond donors (Lipinski definition) is 3. The first-order valence-corrected chi connectivity index (χ1v) is 10.5. The van der Waals surface area contributed by atoms with E-state index in [-0.39, 0.29) is 12.5 Å². The molecule has 0 spiro atoms. The summed E-state index contributed by atoms with van der Waals surface area (Å²) in [5.74, 6) is -0.162. The summed E-state index contributed by atoms with van der Waals surface area (Å²) >= 11 is 0. The number of aryl methyl sites for hydroxylation is 1. The molecule has 1 amide bonds. The first-order chi connectivity index (χ1) is 13.0. The summed E-state index contributed by atoms with van der Waals surface area (Å²) in [6.45, 7) is 2.08. The van der Waals surface area contributed by atoms with E-state index >= 15 is 0 Å². The van der Waals surface area contributed by atoms with Gasteiger partial charge >= 0.3 is 0 Å². The molecule has 2 aliphatic rings. The zero-order chi connectivity index (χ0) is 19.2. The van der Waals surface area contributed by atoms with Crippen molar-refractivity contribution >= 4 is 5.91 Å². The number of likely N-dealkylation sites (tertiary alicyclic amines) is 1. The van der Waals surface area contributed by atoms with Gasteiger partial charge in [0.1, 0.15) is 0 Å². The van der Waals surface area contributed by atoms with Gasteiger partial charge in [0.25, 0.3) is 5.91 Å². The summed E-state index contributed by atoms with van der Waals surface area (Å²) in [5, 5.41) is 24.7. The van der Waals surface area contributed by atoms with Gasteiger partial charge in [-0.1, -0.05) is 49.6 Å². The zero-order valence-corrected chi connectivity index (χ0v) is 16.3. The Hall–Kier alpha value is -1.43. The molecule has 3 rings (SSSR count). The van der Waals surface area contributed by atoms with E-state index in [1.165, 1.54) is 12.0 Å². The summed E-state index contributed by atoms with van der Waals surface area (Å²) in [4.78, 5) is 14.6. The smallest absolute Gasteiger partial charge is 0.255 e. The minimum Gasteiger partial charge on any atom is -0.389 e. The van der Waals surface area contributed by atoms with Gasteiger partial charge < -0.3 is 20.4 Å². The number of hydrogen-bond acceptors (Lipinski definition) is 4. The van der Waals surface area contributed by atoms with Crippen molar-refractivity contribution in [2.75, 3.05) is 26.2 Å². The van der Waals surface area contributed by atoms with E-state index in [4.69, 9.17) is 0 Å². The number of amides is 1. The largest absolute Gasteiger partial charge is 0.389 e. The summed E-state index contributed by atoms with van der Waals surface area (Å²) in [5.41, 5.74) is -0.739. The molecule has 1 aromatic rings. The van der Waals surface area contributed by atoms with Crippen LogP contribution in [0.3, 0.4) is 0 Å². The molecule has 5 nitrogen and oxygen atoms in total. The SMILES string of the molecule is O=C1N(CCCc2ccccc2)CCC[C@]1(O)CNCC1(O)CCCCC1. The standard InChI is InChI=1S/C22H34N2O3/c25-20-22(27,18-23-17-21(26)12-5-2-6-13-21)14-8-16-24(20)15-7-11-19-9-3-1-4-10-19/h1,3-4,9-10,23,26-27H,2,5-8,11-18H2/t22-/m0/s1. The highest BCUT2D eigenvalue weighted by molar-refractivity contribution is 5.86. The molecule has 27 heavy (non-hydrogen) atoms. The molecule has 1 saturated carbocycles. The summed E-state index contributed by atoms with van der Waals surface area (Å²) in [6.07, 6.45) is 8.05. The average Bonchev–Trinajstić information content (AvgIpc) is 2.67. The van der Waals surface area contributed by atoms with E-state index in [9.17, 15) is 15.0 Å². The summed E-state index contributed by atoms with van der Waals surface area (Å²) < 4.78 is 0. The van der Waals surface area contributed by atoms with Gasteiger partial charge in [0.15, 0.2) is 5.60 Å². The van der Waals surface area contributed by atoms with Gasteiger partial charge in [-0.2, -0.15) is 0 Å². The van der Waals surface area contributed by atoms with Crippen LogP contribution in [-0.2, 0) is 11.2 Å². The molecule has 1 atom stereocenters. The Labute approximate surface area is 162 Å². The molecule has 0 radical (unpaired) electrons. The second kappa shape index (κ2) is 9.18. The molecule has 1 aliphatic heterocycles. The lowest BCUT2D eigenvalue weighted by molar-refractivity contribution is -0.156. The Bertz CT molecular complexity index is 601. The second-order valence-electron chi connectivity index (χ2n) is 8.41. The highest BCUT2D eigenvalue weighted by Gasteiger charge is 2.42. The fourth-order valence-electron chi connectivity index (χ4n) is 4.45. The number of carbonyl (C=O) groups is 1. The molecule has 1 aromatic carbocycles. The topological polar surface area (TPSA) is 72.8 Å². The molecule has 1 saturated heterocycles. The lowest BCUT2D eigenvalue weighted by Gasteiger charge is -2.39. The zero-order valence-electron chi connectivity index (χ0n) is 16.3. The van der Waals surface area contributed by atoms with Gasteiger partial charge in [-0.05, 0) is 44.1 Å².